The van der Waals surface area contributed by atoms with E-state index in [1.165, 1.54) is 0 Å². The minimum atomic E-state index is -0.255. The lowest BCUT2D eigenvalue weighted by Gasteiger charge is -2.21. The molecular weight excluding hydrogens is 180 g/mol. The van der Waals surface area contributed by atoms with Gasteiger partial charge in [0, 0.05) is 11.6 Å². The second-order valence-corrected chi connectivity index (χ2v) is 3.93. The average molecular weight is 198 g/mol. The minimum Gasteiger partial charge on any atom is -0.371 e. The van der Waals surface area contributed by atoms with Crippen LogP contribution in [0.25, 0.3) is 0 Å². The highest BCUT2D eigenvalue weighted by Crippen LogP contribution is 2.08. The van der Waals surface area contributed by atoms with Gasteiger partial charge in [-0.3, -0.25) is 0 Å². The zero-order valence-corrected chi connectivity index (χ0v) is 9.04. The van der Waals surface area contributed by atoms with Crippen molar-refractivity contribution in [1.82, 2.24) is 5.16 Å². The van der Waals surface area contributed by atoms with Crippen LogP contribution in [0.3, 0.4) is 0 Å². The first kappa shape index (κ1) is 11.2. The van der Waals surface area contributed by atoms with Crippen LogP contribution in [-0.4, -0.2) is 17.3 Å². The summed E-state index contributed by atoms with van der Waals surface area (Å²) in [6, 6.07) is 1.86. The summed E-state index contributed by atoms with van der Waals surface area (Å²) in [7, 11) is 0. The highest BCUT2D eigenvalue weighted by Gasteiger charge is 2.15. The van der Waals surface area contributed by atoms with Crippen molar-refractivity contribution in [2.24, 2.45) is 5.73 Å². The van der Waals surface area contributed by atoms with Crippen LogP contribution in [0.1, 0.15) is 31.7 Å². The van der Waals surface area contributed by atoms with Crippen LogP contribution < -0.4 is 5.73 Å². The highest BCUT2D eigenvalue weighted by molar-refractivity contribution is 5.01. The third kappa shape index (κ3) is 3.47. The van der Waals surface area contributed by atoms with Crippen molar-refractivity contribution in [1.29, 1.82) is 0 Å². The van der Waals surface area contributed by atoms with Gasteiger partial charge in [-0.25, -0.2) is 0 Å². The van der Waals surface area contributed by atoms with Gasteiger partial charge in [-0.1, -0.05) is 12.1 Å². The lowest BCUT2D eigenvalue weighted by atomic mass is 10.0. The van der Waals surface area contributed by atoms with Crippen LogP contribution in [0.15, 0.2) is 10.6 Å². The fourth-order valence-corrected chi connectivity index (χ4v) is 0.971. The molecule has 1 heterocycles. The van der Waals surface area contributed by atoms with Crippen LogP contribution >= 0.6 is 0 Å². The molecule has 0 amide bonds. The number of ether oxygens (including phenoxy) is 1. The molecule has 4 heteroatoms. The second-order valence-electron chi connectivity index (χ2n) is 3.93. The van der Waals surface area contributed by atoms with Gasteiger partial charge >= 0.3 is 0 Å². The molecule has 0 fully saturated rings. The Morgan fingerprint density at radius 2 is 2.36 bits per heavy atom. The van der Waals surface area contributed by atoms with E-state index in [4.69, 9.17) is 15.0 Å². The second kappa shape index (κ2) is 4.57. The molecule has 0 aliphatic carbocycles. The topological polar surface area (TPSA) is 61.3 Å². The number of rotatable bonds is 5. The number of nitrogens with zero attached hydrogens (tertiary/aromatic N) is 1. The highest BCUT2D eigenvalue weighted by atomic mass is 16.5. The Morgan fingerprint density at radius 1 is 1.64 bits per heavy atom. The molecule has 0 aliphatic heterocycles. The van der Waals surface area contributed by atoms with Gasteiger partial charge in [0.25, 0.3) is 0 Å². The molecule has 1 aromatic rings. The molecule has 0 saturated heterocycles. The van der Waals surface area contributed by atoms with E-state index in [1.807, 2.05) is 26.8 Å². The molecule has 0 aromatic carbocycles. The van der Waals surface area contributed by atoms with Crippen LogP contribution in [-0.2, 0) is 11.3 Å². The summed E-state index contributed by atoms with van der Waals surface area (Å²) in [4.78, 5) is 0. The monoisotopic (exact) mass is 198 g/mol. The minimum absolute atomic E-state index is 0.255. The Balaban J connectivity index is 2.28. The van der Waals surface area contributed by atoms with Crippen LogP contribution in [0.4, 0.5) is 0 Å². The Hall–Kier alpha value is -0.870. The fourth-order valence-electron chi connectivity index (χ4n) is 0.971. The Labute approximate surface area is 84.4 Å². The molecule has 80 valence electrons. The maximum Gasteiger partial charge on any atom is 0.162 e. The molecule has 0 spiro atoms. The van der Waals surface area contributed by atoms with Gasteiger partial charge in [0.1, 0.15) is 6.61 Å². The summed E-state index contributed by atoms with van der Waals surface area (Å²) in [6.45, 7) is 6.86. The van der Waals surface area contributed by atoms with Crippen molar-refractivity contribution in [2.75, 3.05) is 6.61 Å². The largest absolute Gasteiger partial charge is 0.371 e. The van der Waals surface area contributed by atoms with Crippen molar-refractivity contribution < 1.29 is 9.26 Å². The molecule has 1 aromatic heterocycles. The number of hydrogen-bond donors (Lipinski definition) is 1. The normalized spacial score (nSPS) is 15.4. The van der Waals surface area contributed by atoms with Gasteiger partial charge < -0.3 is 15.0 Å². The smallest absolute Gasteiger partial charge is 0.162 e. The summed E-state index contributed by atoms with van der Waals surface area (Å²) in [6.07, 6.45) is 0.891. The molecule has 0 radical (unpaired) electrons. The molecule has 1 rings (SSSR count). The molecule has 1 atom stereocenters. The first-order valence-corrected chi connectivity index (χ1v) is 4.82. The Kier molecular flexibility index (Phi) is 3.66. The van der Waals surface area contributed by atoms with Crippen LogP contribution in [0, 0.1) is 6.92 Å². The molecule has 14 heavy (non-hydrogen) atoms. The van der Waals surface area contributed by atoms with Crippen molar-refractivity contribution in [3.63, 3.8) is 0 Å². The maximum absolute atomic E-state index is 5.91. The average Bonchev–Trinajstić information content (AvgIpc) is 2.51. The quantitative estimate of drug-likeness (QED) is 0.781. The van der Waals surface area contributed by atoms with E-state index in [2.05, 4.69) is 5.16 Å². The number of aromatic nitrogens is 1. The van der Waals surface area contributed by atoms with E-state index in [0.29, 0.717) is 13.2 Å². The lowest BCUT2D eigenvalue weighted by Crippen LogP contribution is -2.40. The SMILES string of the molecule is CCC(C)(N)COCc1cc(C)no1. The van der Waals surface area contributed by atoms with E-state index >= 15 is 0 Å². The number of aryl methyl sites for hydroxylation is 1. The third-order valence-electron chi connectivity index (χ3n) is 2.16. The summed E-state index contributed by atoms with van der Waals surface area (Å²) in [5, 5.41) is 3.77. The van der Waals surface area contributed by atoms with Crippen molar-refractivity contribution in [3.8, 4) is 0 Å². The van der Waals surface area contributed by atoms with Crippen molar-refractivity contribution in [3.05, 3.63) is 17.5 Å². The summed E-state index contributed by atoms with van der Waals surface area (Å²) >= 11 is 0. The van der Waals surface area contributed by atoms with E-state index in [0.717, 1.165) is 17.9 Å². The number of hydrogen-bond acceptors (Lipinski definition) is 4. The molecule has 4 nitrogen and oxygen atoms in total. The first-order chi connectivity index (χ1) is 6.53. The van der Waals surface area contributed by atoms with Gasteiger partial charge in [0.05, 0.1) is 12.3 Å². The molecule has 0 bridgehead atoms. The summed E-state index contributed by atoms with van der Waals surface area (Å²) < 4.78 is 10.4. The Bertz CT molecular complexity index is 281. The third-order valence-corrected chi connectivity index (χ3v) is 2.16. The van der Waals surface area contributed by atoms with Gasteiger partial charge in [-0.15, -0.1) is 0 Å². The predicted octanol–water partition coefficient (Wildman–Crippen LogP) is 1.63. The standard InChI is InChI=1S/C10H18N2O2/c1-4-10(3,11)7-13-6-9-5-8(2)12-14-9/h5H,4,6-7,11H2,1-3H3. The Morgan fingerprint density at radius 3 is 2.86 bits per heavy atom. The molecule has 1 unspecified atom stereocenters. The van der Waals surface area contributed by atoms with Gasteiger partial charge in [-0.2, -0.15) is 0 Å². The van der Waals surface area contributed by atoms with E-state index in [9.17, 15) is 0 Å². The molecular formula is C10H18N2O2. The van der Waals surface area contributed by atoms with Crippen molar-refractivity contribution in [2.45, 2.75) is 39.3 Å². The van der Waals surface area contributed by atoms with Crippen LogP contribution in [0.2, 0.25) is 0 Å². The van der Waals surface area contributed by atoms with Gasteiger partial charge in [0.2, 0.25) is 0 Å². The first-order valence-electron chi connectivity index (χ1n) is 4.82. The zero-order chi connectivity index (χ0) is 10.6. The zero-order valence-electron chi connectivity index (χ0n) is 9.04. The van der Waals surface area contributed by atoms with E-state index in [1.54, 1.807) is 0 Å². The van der Waals surface area contributed by atoms with Crippen molar-refractivity contribution >= 4 is 0 Å². The van der Waals surface area contributed by atoms with E-state index in [-0.39, 0.29) is 5.54 Å². The fraction of sp³-hybridized carbons (Fsp3) is 0.700. The van der Waals surface area contributed by atoms with E-state index < -0.39 is 0 Å². The summed E-state index contributed by atoms with van der Waals surface area (Å²) in [5.41, 5.74) is 6.53. The van der Waals surface area contributed by atoms with Gasteiger partial charge in [-0.05, 0) is 20.3 Å². The van der Waals surface area contributed by atoms with Crippen LogP contribution in [0.5, 0.6) is 0 Å². The van der Waals surface area contributed by atoms with Gasteiger partial charge in [0.15, 0.2) is 5.76 Å². The molecule has 0 saturated carbocycles. The molecule has 0 aliphatic rings. The summed E-state index contributed by atoms with van der Waals surface area (Å²) in [5.74, 6) is 0.745. The maximum atomic E-state index is 5.91. The predicted molar refractivity (Wildman–Crippen MR) is 53.8 cm³/mol. The molecule has 2 N–H and O–H groups in total. The lowest BCUT2D eigenvalue weighted by molar-refractivity contribution is 0.0638. The number of nitrogens with two attached hydrogens (primary N) is 1.